The van der Waals surface area contributed by atoms with Gasteiger partial charge in [0.05, 0.1) is 21.3 Å². The van der Waals surface area contributed by atoms with Crippen molar-refractivity contribution >= 4 is 5.69 Å². The number of nitrogens with zero attached hydrogens (tertiary/aromatic N) is 2. The van der Waals surface area contributed by atoms with Crippen LogP contribution in [0.15, 0.2) is 12.1 Å². The van der Waals surface area contributed by atoms with Crippen LogP contribution in [0, 0.1) is 0 Å². The molecular formula is C14H21N2O3. The average Bonchev–Trinajstić information content (AvgIpc) is 2.74. The van der Waals surface area contributed by atoms with Crippen LogP contribution in [0.2, 0.25) is 0 Å². The van der Waals surface area contributed by atoms with Crippen LogP contribution in [-0.2, 0) is 0 Å². The summed E-state index contributed by atoms with van der Waals surface area (Å²) < 4.78 is 16.3. The zero-order chi connectivity index (χ0) is 13.7. The number of ether oxygens (including phenoxy) is 3. The molecule has 19 heavy (non-hydrogen) atoms. The first-order valence-electron chi connectivity index (χ1n) is 6.48. The minimum absolute atomic E-state index is 0.733. The van der Waals surface area contributed by atoms with Gasteiger partial charge in [0.25, 0.3) is 0 Å². The highest BCUT2D eigenvalue weighted by Crippen LogP contribution is 2.41. The summed E-state index contributed by atoms with van der Waals surface area (Å²) in [4.78, 5) is 2.27. The fourth-order valence-electron chi connectivity index (χ4n) is 2.31. The monoisotopic (exact) mass is 265 g/mol. The molecule has 1 saturated heterocycles. The van der Waals surface area contributed by atoms with Gasteiger partial charge in [-0.05, 0) is 6.42 Å². The Morgan fingerprint density at radius 2 is 1.63 bits per heavy atom. The predicted molar refractivity (Wildman–Crippen MR) is 74.8 cm³/mol. The number of rotatable bonds is 4. The van der Waals surface area contributed by atoms with Crippen molar-refractivity contribution in [2.75, 3.05) is 52.4 Å². The molecule has 105 valence electrons. The van der Waals surface area contributed by atoms with Gasteiger partial charge in [0.2, 0.25) is 0 Å². The first kappa shape index (κ1) is 13.8. The number of anilines is 1. The second-order valence-electron chi connectivity index (χ2n) is 4.39. The lowest BCUT2D eigenvalue weighted by atomic mass is 10.2. The standard InChI is InChI=1S/C14H21N2O3/c1-17-11-9-12(18-2)14(13(10-11)19-3)16-7-4-5-15-6-8-16/h9-10H,4-8H2,1-3H3. The molecule has 0 bridgehead atoms. The van der Waals surface area contributed by atoms with Crippen LogP contribution in [0.1, 0.15) is 6.42 Å². The number of hydrogen-bond acceptors (Lipinski definition) is 4. The highest BCUT2D eigenvalue weighted by atomic mass is 16.5. The summed E-state index contributed by atoms with van der Waals surface area (Å²) in [5.41, 5.74) is 0.989. The van der Waals surface area contributed by atoms with Gasteiger partial charge in [-0.25, -0.2) is 5.32 Å². The zero-order valence-corrected chi connectivity index (χ0v) is 11.8. The first-order valence-corrected chi connectivity index (χ1v) is 6.48. The molecule has 1 heterocycles. The van der Waals surface area contributed by atoms with E-state index in [1.54, 1.807) is 21.3 Å². The molecular weight excluding hydrogens is 244 g/mol. The largest absolute Gasteiger partial charge is 0.496 e. The van der Waals surface area contributed by atoms with Crippen molar-refractivity contribution in [3.8, 4) is 17.2 Å². The fourth-order valence-corrected chi connectivity index (χ4v) is 2.31. The molecule has 0 saturated carbocycles. The minimum atomic E-state index is 0.733. The lowest BCUT2D eigenvalue weighted by Crippen LogP contribution is -2.27. The van der Waals surface area contributed by atoms with E-state index < -0.39 is 0 Å². The second kappa shape index (κ2) is 6.52. The van der Waals surface area contributed by atoms with Crippen molar-refractivity contribution in [1.29, 1.82) is 0 Å². The van der Waals surface area contributed by atoms with Gasteiger partial charge in [-0.2, -0.15) is 0 Å². The Morgan fingerprint density at radius 3 is 2.21 bits per heavy atom. The molecule has 1 aliphatic rings. The van der Waals surface area contributed by atoms with Gasteiger partial charge in [0, 0.05) is 38.3 Å². The van der Waals surface area contributed by atoms with Gasteiger partial charge in [0.15, 0.2) is 0 Å². The van der Waals surface area contributed by atoms with E-state index >= 15 is 0 Å². The normalized spacial score (nSPS) is 15.8. The molecule has 0 spiro atoms. The van der Waals surface area contributed by atoms with Crippen LogP contribution in [0.25, 0.3) is 0 Å². The third kappa shape index (κ3) is 3.04. The van der Waals surface area contributed by atoms with E-state index in [4.69, 9.17) is 14.2 Å². The van der Waals surface area contributed by atoms with Crippen molar-refractivity contribution in [3.63, 3.8) is 0 Å². The summed E-state index contributed by atoms with van der Waals surface area (Å²) in [5, 5.41) is 4.44. The smallest absolute Gasteiger partial charge is 0.149 e. The van der Waals surface area contributed by atoms with Crippen molar-refractivity contribution in [2.24, 2.45) is 0 Å². The Hall–Kier alpha value is -1.62. The van der Waals surface area contributed by atoms with Gasteiger partial charge in [-0.3, -0.25) is 0 Å². The summed E-state index contributed by atoms with van der Waals surface area (Å²) in [6, 6.07) is 3.78. The number of methoxy groups -OCH3 is 3. The Balaban J connectivity index is 2.40. The molecule has 1 aliphatic heterocycles. The van der Waals surface area contributed by atoms with Crippen molar-refractivity contribution in [1.82, 2.24) is 5.32 Å². The van der Waals surface area contributed by atoms with Crippen molar-refractivity contribution in [2.45, 2.75) is 6.42 Å². The molecule has 0 unspecified atom stereocenters. The number of benzene rings is 1. The van der Waals surface area contributed by atoms with Crippen molar-refractivity contribution < 1.29 is 14.2 Å². The maximum absolute atomic E-state index is 5.49. The van der Waals surface area contributed by atoms with Crippen LogP contribution in [0.5, 0.6) is 17.2 Å². The summed E-state index contributed by atoms with van der Waals surface area (Å²) >= 11 is 0. The number of hydrogen-bond donors (Lipinski definition) is 0. The van der Waals surface area contributed by atoms with Crippen LogP contribution >= 0.6 is 0 Å². The van der Waals surface area contributed by atoms with E-state index in [1.807, 2.05) is 12.1 Å². The molecule has 1 fully saturated rings. The van der Waals surface area contributed by atoms with Gasteiger partial charge >= 0.3 is 0 Å². The predicted octanol–water partition coefficient (Wildman–Crippen LogP) is 1.53. The summed E-state index contributed by atoms with van der Waals surface area (Å²) in [6.07, 6.45) is 1.05. The summed E-state index contributed by atoms with van der Waals surface area (Å²) in [5.74, 6) is 2.29. The van der Waals surface area contributed by atoms with Gasteiger partial charge in [-0.1, -0.05) is 0 Å². The SMILES string of the molecule is COc1cc(OC)c(N2CCC[N]CC2)c(OC)c1. The molecule has 1 radical (unpaired) electrons. The Labute approximate surface area is 114 Å². The fraction of sp³-hybridized carbons (Fsp3) is 0.571. The van der Waals surface area contributed by atoms with Gasteiger partial charge in [0.1, 0.15) is 22.9 Å². The summed E-state index contributed by atoms with van der Waals surface area (Å²) in [6.45, 7) is 3.62. The Bertz CT molecular complexity index is 390. The van der Waals surface area contributed by atoms with Crippen molar-refractivity contribution in [3.05, 3.63) is 12.1 Å². The molecule has 0 aliphatic carbocycles. The van der Waals surface area contributed by atoms with Crippen LogP contribution < -0.4 is 24.4 Å². The third-order valence-electron chi connectivity index (χ3n) is 3.28. The Morgan fingerprint density at radius 1 is 0.947 bits per heavy atom. The van der Waals surface area contributed by atoms with E-state index in [1.165, 1.54) is 0 Å². The molecule has 2 rings (SSSR count). The zero-order valence-electron chi connectivity index (χ0n) is 11.8. The van der Waals surface area contributed by atoms with E-state index in [0.29, 0.717) is 0 Å². The molecule has 0 N–H and O–H groups in total. The minimum Gasteiger partial charge on any atom is -0.496 e. The molecule has 5 nitrogen and oxygen atoms in total. The second-order valence-corrected chi connectivity index (χ2v) is 4.39. The molecule has 0 aromatic heterocycles. The lowest BCUT2D eigenvalue weighted by Gasteiger charge is -2.26. The quantitative estimate of drug-likeness (QED) is 0.828. The van der Waals surface area contributed by atoms with E-state index in [2.05, 4.69) is 10.2 Å². The molecule has 1 aromatic carbocycles. The van der Waals surface area contributed by atoms with E-state index in [0.717, 1.165) is 55.5 Å². The average molecular weight is 265 g/mol. The Kier molecular flexibility index (Phi) is 4.74. The highest BCUT2D eigenvalue weighted by Gasteiger charge is 2.20. The van der Waals surface area contributed by atoms with Gasteiger partial charge < -0.3 is 19.1 Å². The molecule has 0 atom stereocenters. The maximum Gasteiger partial charge on any atom is 0.149 e. The third-order valence-corrected chi connectivity index (χ3v) is 3.28. The van der Waals surface area contributed by atoms with E-state index in [-0.39, 0.29) is 0 Å². The lowest BCUT2D eigenvalue weighted by molar-refractivity contribution is 0.375. The molecule has 5 heteroatoms. The van der Waals surface area contributed by atoms with Crippen LogP contribution in [0.4, 0.5) is 5.69 Å². The maximum atomic E-state index is 5.49. The van der Waals surface area contributed by atoms with Crippen LogP contribution in [0.3, 0.4) is 0 Å². The molecule has 0 amide bonds. The topological polar surface area (TPSA) is 45.0 Å². The first-order chi connectivity index (χ1) is 9.30. The molecule has 1 aromatic rings. The van der Waals surface area contributed by atoms with Crippen LogP contribution in [-0.4, -0.2) is 47.5 Å². The summed E-state index contributed by atoms with van der Waals surface area (Å²) in [7, 11) is 4.97. The van der Waals surface area contributed by atoms with E-state index in [9.17, 15) is 0 Å². The highest BCUT2D eigenvalue weighted by molar-refractivity contribution is 5.70. The van der Waals surface area contributed by atoms with Gasteiger partial charge in [-0.15, -0.1) is 0 Å².